The number of hydrazone groups is 1. The van der Waals surface area contributed by atoms with Crippen molar-refractivity contribution in [3.63, 3.8) is 0 Å². The second-order valence-corrected chi connectivity index (χ2v) is 5.06. The summed E-state index contributed by atoms with van der Waals surface area (Å²) in [6.07, 6.45) is 1.71. The van der Waals surface area contributed by atoms with Crippen LogP contribution < -0.4 is 0 Å². The minimum absolute atomic E-state index is 0.139. The Balaban J connectivity index is 2.45. The molecule has 0 bridgehead atoms. The Morgan fingerprint density at radius 2 is 1.94 bits per heavy atom. The van der Waals surface area contributed by atoms with Crippen LogP contribution in [0.3, 0.4) is 0 Å². The highest BCUT2D eigenvalue weighted by Gasteiger charge is 2.16. The number of esters is 1. The first kappa shape index (κ1) is 14.2. The summed E-state index contributed by atoms with van der Waals surface area (Å²) in [6.45, 7) is 5.68. The molecule has 0 radical (unpaired) electrons. The highest BCUT2D eigenvalue weighted by molar-refractivity contribution is 5.79. The molecule has 0 aromatic heterocycles. The van der Waals surface area contributed by atoms with Crippen molar-refractivity contribution < 1.29 is 9.53 Å². The van der Waals surface area contributed by atoms with E-state index in [0.717, 1.165) is 5.56 Å². The molecule has 0 spiro atoms. The molecule has 0 aliphatic rings. The number of hydrogen-bond acceptors (Lipinski definition) is 4. The lowest BCUT2D eigenvalue weighted by Crippen LogP contribution is -2.30. The predicted octanol–water partition coefficient (Wildman–Crippen LogP) is 2.29. The summed E-state index contributed by atoms with van der Waals surface area (Å²) < 4.78 is 5.21. The van der Waals surface area contributed by atoms with Gasteiger partial charge in [0.25, 0.3) is 0 Å². The van der Waals surface area contributed by atoms with Crippen molar-refractivity contribution >= 4 is 12.2 Å². The summed E-state index contributed by atoms with van der Waals surface area (Å²) in [4.78, 5) is 11.5. The van der Waals surface area contributed by atoms with Crippen LogP contribution in [0.4, 0.5) is 0 Å². The van der Waals surface area contributed by atoms with Gasteiger partial charge in [0, 0.05) is 7.05 Å². The number of rotatable bonds is 4. The van der Waals surface area contributed by atoms with Crippen molar-refractivity contribution in [1.29, 1.82) is 0 Å². The topological polar surface area (TPSA) is 41.9 Å². The van der Waals surface area contributed by atoms with Crippen LogP contribution in [0.25, 0.3) is 0 Å². The Kier molecular flexibility index (Phi) is 4.89. The molecule has 0 saturated heterocycles. The van der Waals surface area contributed by atoms with Crippen LogP contribution in [0.1, 0.15) is 26.3 Å². The van der Waals surface area contributed by atoms with E-state index in [1.807, 2.05) is 51.1 Å². The van der Waals surface area contributed by atoms with Crippen molar-refractivity contribution in [2.75, 3.05) is 13.6 Å². The van der Waals surface area contributed by atoms with E-state index in [0.29, 0.717) is 0 Å². The van der Waals surface area contributed by atoms with Crippen molar-refractivity contribution in [3.05, 3.63) is 35.9 Å². The van der Waals surface area contributed by atoms with E-state index in [-0.39, 0.29) is 12.5 Å². The zero-order chi connectivity index (χ0) is 13.6. The van der Waals surface area contributed by atoms with E-state index in [2.05, 4.69) is 5.10 Å². The maximum atomic E-state index is 11.5. The van der Waals surface area contributed by atoms with Gasteiger partial charge in [0.1, 0.15) is 12.1 Å². The quantitative estimate of drug-likeness (QED) is 0.466. The molecule has 0 heterocycles. The van der Waals surface area contributed by atoms with E-state index in [1.165, 1.54) is 0 Å². The lowest BCUT2D eigenvalue weighted by molar-refractivity contribution is -0.155. The molecule has 4 heteroatoms. The fraction of sp³-hybridized carbons (Fsp3) is 0.429. The highest BCUT2D eigenvalue weighted by Crippen LogP contribution is 2.07. The number of carbonyl (C=O) groups is 1. The summed E-state index contributed by atoms with van der Waals surface area (Å²) >= 11 is 0. The average Bonchev–Trinajstić information content (AvgIpc) is 2.25. The van der Waals surface area contributed by atoms with Crippen molar-refractivity contribution in [2.45, 2.75) is 26.4 Å². The molecule has 0 unspecified atom stereocenters. The Morgan fingerprint density at radius 3 is 2.50 bits per heavy atom. The Bertz CT molecular complexity index is 408. The number of benzene rings is 1. The number of nitrogens with zero attached hydrogens (tertiary/aromatic N) is 2. The number of carbonyl (C=O) groups excluding carboxylic acids is 1. The third-order valence-electron chi connectivity index (χ3n) is 1.98. The summed E-state index contributed by atoms with van der Waals surface area (Å²) in [7, 11) is 1.74. The van der Waals surface area contributed by atoms with Crippen LogP contribution in [0.15, 0.2) is 35.4 Å². The van der Waals surface area contributed by atoms with Gasteiger partial charge in [-0.25, -0.2) is 0 Å². The van der Waals surface area contributed by atoms with E-state index >= 15 is 0 Å². The number of ether oxygens (including phenoxy) is 1. The molecular weight excluding hydrogens is 228 g/mol. The first-order valence-corrected chi connectivity index (χ1v) is 5.89. The standard InChI is InChI=1S/C14H20N2O2/c1-14(2,3)18-13(17)11-16(4)15-10-12-8-6-5-7-9-12/h5-10H,11H2,1-4H3/b15-10-. The second-order valence-electron chi connectivity index (χ2n) is 5.06. The Morgan fingerprint density at radius 1 is 1.33 bits per heavy atom. The SMILES string of the molecule is CN(CC(=O)OC(C)(C)C)/N=C\c1ccccc1. The molecule has 0 amide bonds. The monoisotopic (exact) mass is 248 g/mol. The molecular formula is C14H20N2O2. The Hall–Kier alpha value is -1.84. The minimum atomic E-state index is -0.457. The van der Waals surface area contributed by atoms with E-state index < -0.39 is 5.60 Å². The molecule has 0 aliphatic carbocycles. The van der Waals surface area contributed by atoms with Crippen molar-refractivity contribution in [1.82, 2.24) is 5.01 Å². The van der Waals surface area contributed by atoms with E-state index in [9.17, 15) is 4.79 Å². The summed E-state index contributed by atoms with van der Waals surface area (Å²) in [5.41, 5.74) is 0.537. The van der Waals surface area contributed by atoms with Gasteiger partial charge in [0.15, 0.2) is 0 Å². The third-order valence-corrected chi connectivity index (χ3v) is 1.98. The van der Waals surface area contributed by atoms with Crippen LogP contribution in [-0.4, -0.2) is 36.4 Å². The largest absolute Gasteiger partial charge is 0.459 e. The molecule has 1 rings (SSSR count). The molecule has 0 atom stereocenters. The van der Waals surface area contributed by atoms with Crippen LogP contribution in [-0.2, 0) is 9.53 Å². The summed E-state index contributed by atoms with van der Waals surface area (Å²) in [5.74, 6) is -0.282. The van der Waals surface area contributed by atoms with Crippen molar-refractivity contribution in [2.24, 2.45) is 5.10 Å². The molecule has 4 nitrogen and oxygen atoms in total. The molecule has 0 aliphatic heterocycles. The molecule has 1 aromatic rings. The number of hydrogen-bond donors (Lipinski definition) is 0. The van der Waals surface area contributed by atoms with Crippen LogP contribution in [0.2, 0.25) is 0 Å². The fourth-order valence-electron chi connectivity index (χ4n) is 1.31. The smallest absolute Gasteiger partial charge is 0.327 e. The van der Waals surface area contributed by atoms with Crippen LogP contribution in [0, 0.1) is 0 Å². The molecule has 1 aromatic carbocycles. The molecule has 0 N–H and O–H groups in total. The van der Waals surface area contributed by atoms with Gasteiger partial charge in [0.2, 0.25) is 0 Å². The third kappa shape index (κ3) is 6.03. The van der Waals surface area contributed by atoms with Crippen molar-refractivity contribution in [3.8, 4) is 0 Å². The summed E-state index contributed by atoms with van der Waals surface area (Å²) in [6, 6.07) is 9.72. The number of likely N-dealkylation sites (N-methyl/N-ethyl adjacent to an activating group) is 1. The van der Waals surface area contributed by atoms with Crippen LogP contribution in [0.5, 0.6) is 0 Å². The lowest BCUT2D eigenvalue weighted by Gasteiger charge is -2.21. The summed E-state index contributed by atoms with van der Waals surface area (Å²) in [5, 5.41) is 5.73. The van der Waals surface area contributed by atoms with Gasteiger partial charge in [-0.15, -0.1) is 0 Å². The van der Waals surface area contributed by atoms with Gasteiger partial charge in [0.05, 0.1) is 6.21 Å². The van der Waals surface area contributed by atoms with Crippen LogP contribution >= 0.6 is 0 Å². The molecule has 0 saturated carbocycles. The van der Waals surface area contributed by atoms with E-state index in [1.54, 1.807) is 18.3 Å². The highest BCUT2D eigenvalue weighted by atomic mass is 16.6. The maximum absolute atomic E-state index is 11.5. The zero-order valence-corrected chi connectivity index (χ0v) is 11.4. The van der Waals surface area contributed by atoms with Gasteiger partial charge in [-0.05, 0) is 26.3 Å². The molecule has 18 heavy (non-hydrogen) atoms. The second kappa shape index (κ2) is 6.19. The average molecular weight is 248 g/mol. The first-order valence-electron chi connectivity index (χ1n) is 5.89. The minimum Gasteiger partial charge on any atom is -0.459 e. The van der Waals surface area contributed by atoms with Gasteiger partial charge in [-0.3, -0.25) is 9.80 Å². The molecule has 0 fully saturated rings. The van der Waals surface area contributed by atoms with Gasteiger partial charge < -0.3 is 4.74 Å². The van der Waals surface area contributed by atoms with Gasteiger partial charge in [-0.1, -0.05) is 30.3 Å². The normalized spacial score (nSPS) is 11.6. The zero-order valence-electron chi connectivity index (χ0n) is 11.4. The first-order chi connectivity index (χ1) is 8.37. The Labute approximate surface area is 108 Å². The van der Waals surface area contributed by atoms with Gasteiger partial charge >= 0.3 is 5.97 Å². The predicted molar refractivity (Wildman–Crippen MR) is 72.5 cm³/mol. The fourth-order valence-corrected chi connectivity index (χ4v) is 1.31. The molecule has 98 valence electrons. The van der Waals surface area contributed by atoms with E-state index in [4.69, 9.17) is 4.74 Å². The lowest BCUT2D eigenvalue weighted by atomic mass is 10.2. The van der Waals surface area contributed by atoms with Gasteiger partial charge in [-0.2, -0.15) is 5.10 Å². The maximum Gasteiger partial charge on any atom is 0.327 e.